The van der Waals surface area contributed by atoms with Crippen LogP contribution in [0.1, 0.15) is 48.0 Å². The summed E-state index contributed by atoms with van der Waals surface area (Å²) in [6.07, 6.45) is 1.97. The molecule has 0 radical (unpaired) electrons. The van der Waals surface area contributed by atoms with E-state index in [0.717, 1.165) is 23.6 Å². The third-order valence-corrected chi connectivity index (χ3v) is 4.42. The number of Topliss-reactive ketones (excluding diaryl/α,β-unsaturated/α-hetero) is 1. The Morgan fingerprint density at radius 3 is 2.88 bits per heavy atom. The molecule has 24 heavy (non-hydrogen) atoms. The second-order valence-corrected chi connectivity index (χ2v) is 6.51. The van der Waals surface area contributed by atoms with Crippen LogP contribution in [-0.4, -0.2) is 41.5 Å². The summed E-state index contributed by atoms with van der Waals surface area (Å²) in [6.45, 7) is 6.95. The molecule has 1 aromatic carbocycles. The first-order valence-corrected chi connectivity index (χ1v) is 8.47. The lowest BCUT2D eigenvalue weighted by atomic mass is 10.0. The van der Waals surface area contributed by atoms with Crippen molar-refractivity contribution in [2.45, 2.75) is 38.8 Å². The Morgan fingerprint density at radius 1 is 1.33 bits per heavy atom. The van der Waals surface area contributed by atoms with E-state index in [9.17, 15) is 4.79 Å². The highest BCUT2D eigenvalue weighted by Crippen LogP contribution is 2.22. The highest BCUT2D eigenvalue weighted by molar-refractivity contribution is 5.96. The lowest BCUT2D eigenvalue weighted by Crippen LogP contribution is -2.46. The van der Waals surface area contributed by atoms with Gasteiger partial charge in [0.2, 0.25) is 0 Å². The van der Waals surface area contributed by atoms with Crippen LogP contribution in [0.25, 0.3) is 0 Å². The summed E-state index contributed by atoms with van der Waals surface area (Å²) in [5.74, 6) is 1.38. The van der Waals surface area contributed by atoms with E-state index in [1.165, 1.54) is 6.39 Å². The topological polar surface area (TPSA) is 55.6 Å². The molecule has 0 spiro atoms. The first-order chi connectivity index (χ1) is 11.6. The minimum absolute atomic E-state index is 0.0724. The molecular weight excluding hydrogens is 304 g/mol. The Morgan fingerprint density at radius 2 is 2.12 bits per heavy atom. The highest BCUT2D eigenvalue weighted by Gasteiger charge is 2.27. The molecule has 1 atom stereocenters. The molecule has 1 fully saturated rings. The molecule has 0 amide bonds. The largest absolute Gasteiger partial charge is 0.448 e. The van der Waals surface area contributed by atoms with E-state index in [1.54, 1.807) is 0 Å². The number of ketones is 1. The van der Waals surface area contributed by atoms with Gasteiger partial charge in [-0.2, -0.15) is 0 Å². The molecule has 0 saturated carbocycles. The Bertz CT molecular complexity index is 666. The molecule has 1 aliphatic rings. The highest BCUT2D eigenvalue weighted by atomic mass is 16.5. The molecule has 1 aromatic heterocycles. The van der Waals surface area contributed by atoms with E-state index in [4.69, 9.17) is 9.15 Å². The Balaban J connectivity index is 1.69. The van der Waals surface area contributed by atoms with Crippen LogP contribution in [0.3, 0.4) is 0 Å². The maximum Gasteiger partial charge on any atom is 0.181 e. The molecule has 1 unspecified atom stereocenters. The fourth-order valence-corrected chi connectivity index (χ4v) is 3.10. The number of hydrogen-bond acceptors (Lipinski definition) is 5. The second-order valence-electron chi connectivity index (χ2n) is 6.51. The second kappa shape index (κ2) is 7.73. The molecule has 2 heterocycles. The standard InChI is InChI=1S/C19H24N2O3/c1-14(2)19-17(20-13-24-19)11-21-8-9-23-12-16(21)10-18(22)15-6-4-3-5-7-15/h3-7,13-14,16H,8-12H2,1-2H3. The van der Waals surface area contributed by atoms with Gasteiger partial charge in [0.1, 0.15) is 5.76 Å². The van der Waals surface area contributed by atoms with E-state index >= 15 is 0 Å². The van der Waals surface area contributed by atoms with Crippen molar-refractivity contribution in [3.05, 3.63) is 53.7 Å². The Hall–Kier alpha value is -1.98. The number of morpholine rings is 1. The minimum Gasteiger partial charge on any atom is -0.448 e. The minimum atomic E-state index is 0.0724. The van der Waals surface area contributed by atoms with Gasteiger partial charge in [0.15, 0.2) is 12.2 Å². The fourth-order valence-electron chi connectivity index (χ4n) is 3.10. The molecule has 3 rings (SSSR count). The average Bonchev–Trinajstić information content (AvgIpc) is 3.06. The molecule has 1 aliphatic heterocycles. The lowest BCUT2D eigenvalue weighted by molar-refractivity contribution is -0.0132. The summed E-state index contributed by atoms with van der Waals surface area (Å²) in [5.41, 5.74) is 1.72. The van der Waals surface area contributed by atoms with Crippen molar-refractivity contribution in [1.29, 1.82) is 0 Å². The van der Waals surface area contributed by atoms with Crippen molar-refractivity contribution in [2.75, 3.05) is 19.8 Å². The van der Waals surface area contributed by atoms with Crippen molar-refractivity contribution in [2.24, 2.45) is 0 Å². The first kappa shape index (κ1) is 16.9. The van der Waals surface area contributed by atoms with Gasteiger partial charge in [-0.1, -0.05) is 44.2 Å². The molecule has 0 bridgehead atoms. The van der Waals surface area contributed by atoms with Gasteiger partial charge in [-0.3, -0.25) is 9.69 Å². The number of carbonyl (C=O) groups excluding carboxylic acids is 1. The van der Waals surface area contributed by atoms with E-state index in [1.807, 2.05) is 30.3 Å². The number of oxazole rings is 1. The number of aromatic nitrogens is 1. The van der Waals surface area contributed by atoms with Gasteiger partial charge in [-0.25, -0.2) is 4.98 Å². The van der Waals surface area contributed by atoms with Crippen molar-refractivity contribution >= 4 is 5.78 Å². The third-order valence-electron chi connectivity index (χ3n) is 4.42. The van der Waals surface area contributed by atoms with Crippen molar-refractivity contribution in [1.82, 2.24) is 9.88 Å². The summed E-state index contributed by atoms with van der Waals surface area (Å²) in [5, 5.41) is 0. The lowest BCUT2D eigenvalue weighted by Gasteiger charge is -2.35. The van der Waals surface area contributed by atoms with Crippen LogP contribution >= 0.6 is 0 Å². The summed E-state index contributed by atoms with van der Waals surface area (Å²) in [6, 6.07) is 9.52. The third kappa shape index (κ3) is 3.91. The summed E-state index contributed by atoms with van der Waals surface area (Å²) in [7, 11) is 0. The van der Waals surface area contributed by atoms with Crippen LogP contribution in [0.2, 0.25) is 0 Å². The van der Waals surface area contributed by atoms with Crippen molar-refractivity contribution < 1.29 is 13.9 Å². The Labute approximate surface area is 142 Å². The van der Waals surface area contributed by atoms with Crippen LogP contribution in [-0.2, 0) is 11.3 Å². The van der Waals surface area contributed by atoms with Gasteiger partial charge < -0.3 is 9.15 Å². The zero-order valence-electron chi connectivity index (χ0n) is 14.3. The van der Waals surface area contributed by atoms with Gasteiger partial charge in [-0.15, -0.1) is 0 Å². The van der Waals surface area contributed by atoms with Crippen LogP contribution < -0.4 is 0 Å². The molecule has 2 aromatic rings. The van der Waals surface area contributed by atoms with Gasteiger partial charge in [0.25, 0.3) is 0 Å². The van der Waals surface area contributed by atoms with Crippen LogP contribution in [0.15, 0.2) is 41.1 Å². The normalized spacial score (nSPS) is 18.9. The van der Waals surface area contributed by atoms with E-state index < -0.39 is 0 Å². The van der Waals surface area contributed by atoms with Crippen LogP contribution in [0, 0.1) is 0 Å². The molecule has 5 nitrogen and oxygen atoms in total. The molecular formula is C19H24N2O3. The van der Waals surface area contributed by atoms with Gasteiger partial charge in [-0.05, 0) is 0 Å². The number of carbonyl (C=O) groups is 1. The van der Waals surface area contributed by atoms with Crippen LogP contribution in [0.5, 0.6) is 0 Å². The fraction of sp³-hybridized carbons (Fsp3) is 0.474. The van der Waals surface area contributed by atoms with Gasteiger partial charge in [0.05, 0.1) is 18.9 Å². The molecule has 1 saturated heterocycles. The van der Waals surface area contributed by atoms with Crippen molar-refractivity contribution in [3.8, 4) is 0 Å². The summed E-state index contributed by atoms with van der Waals surface area (Å²) >= 11 is 0. The predicted octanol–water partition coefficient (Wildman–Crippen LogP) is 3.27. The number of ether oxygens (including phenoxy) is 1. The Kier molecular flexibility index (Phi) is 5.43. The van der Waals surface area contributed by atoms with Gasteiger partial charge in [0, 0.05) is 37.0 Å². The van der Waals surface area contributed by atoms with Crippen molar-refractivity contribution in [3.63, 3.8) is 0 Å². The number of rotatable bonds is 6. The summed E-state index contributed by atoms with van der Waals surface area (Å²) in [4.78, 5) is 19.2. The predicted molar refractivity (Wildman–Crippen MR) is 91.0 cm³/mol. The first-order valence-electron chi connectivity index (χ1n) is 8.47. The maximum atomic E-state index is 12.5. The monoisotopic (exact) mass is 328 g/mol. The number of hydrogen-bond donors (Lipinski definition) is 0. The average molecular weight is 328 g/mol. The summed E-state index contributed by atoms with van der Waals surface area (Å²) < 4.78 is 11.1. The van der Waals surface area contributed by atoms with E-state index in [0.29, 0.717) is 32.1 Å². The molecule has 0 aliphatic carbocycles. The van der Waals surface area contributed by atoms with Crippen LogP contribution in [0.4, 0.5) is 0 Å². The smallest absolute Gasteiger partial charge is 0.181 e. The van der Waals surface area contributed by atoms with E-state index in [2.05, 4.69) is 23.7 Å². The molecule has 5 heteroatoms. The number of nitrogens with zero attached hydrogens (tertiary/aromatic N) is 2. The maximum absolute atomic E-state index is 12.5. The van der Waals surface area contributed by atoms with E-state index in [-0.39, 0.29) is 11.8 Å². The zero-order valence-corrected chi connectivity index (χ0v) is 14.3. The zero-order chi connectivity index (χ0) is 16.9. The van der Waals surface area contributed by atoms with Gasteiger partial charge >= 0.3 is 0 Å². The quantitative estimate of drug-likeness (QED) is 0.762. The molecule has 128 valence electrons. The molecule has 0 N–H and O–H groups in total. The SMILES string of the molecule is CC(C)c1ocnc1CN1CCOCC1CC(=O)c1ccccc1. The number of benzene rings is 1.